The maximum atomic E-state index is 3.45. The van der Waals surface area contributed by atoms with Crippen molar-refractivity contribution in [2.24, 2.45) is 5.41 Å². The van der Waals surface area contributed by atoms with Crippen molar-refractivity contribution in [3.05, 3.63) is 0 Å². The standard InChI is InChI=1S/C10H20N2.C2H6/c1-12-8-2-3-10(9-12)4-6-11-7-5-10;1-2/h11H,2-9H2,1H3;1-2H3. The second kappa shape index (κ2) is 5.72. The lowest BCUT2D eigenvalue weighted by atomic mass is 9.73. The van der Waals surface area contributed by atoms with Gasteiger partial charge in [0.1, 0.15) is 0 Å². The Morgan fingerprint density at radius 1 is 1.07 bits per heavy atom. The molecule has 84 valence electrons. The Hall–Kier alpha value is -0.0800. The van der Waals surface area contributed by atoms with E-state index < -0.39 is 0 Å². The van der Waals surface area contributed by atoms with Crippen LogP contribution in [0.1, 0.15) is 39.5 Å². The van der Waals surface area contributed by atoms with Crippen LogP contribution in [0.2, 0.25) is 0 Å². The minimum atomic E-state index is 0.693. The molecule has 2 aliphatic heterocycles. The maximum Gasteiger partial charge on any atom is 0.00359 e. The molecule has 2 nitrogen and oxygen atoms in total. The highest BCUT2D eigenvalue weighted by atomic mass is 15.1. The summed E-state index contributed by atoms with van der Waals surface area (Å²) in [6.07, 6.45) is 5.68. The Labute approximate surface area is 89.1 Å². The zero-order valence-corrected chi connectivity index (χ0v) is 10.1. The summed E-state index contributed by atoms with van der Waals surface area (Å²) in [5.74, 6) is 0. The summed E-state index contributed by atoms with van der Waals surface area (Å²) in [7, 11) is 2.27. The molecule has 2 saturated heterocycles. The Bertz CT molecular complexity index is 145. The molecule has 14 heavy (non-hydrogen) atoms. The van der Waals surface area contributed by atoms with Crippen LogP contribution in [-0.4, -0.2) is 38.1 Å². The topological polar surface area (TPSA) is 15.3 Å². The van der Waals surface area contributed by atoms with Crippen molar-refractivity contribution in [2.75, 3.05) is 33.2 Å². The SMILES string of the molecule is CC.CN1CCCC2(CCNCC2)C1. The molecule has 0 atom stereocenters. The van der Waals surface area contributed by atoms with Gasteiger partial charge < -0.3 is 10.2 Å². The third kappa shape index (κ3) is 2.96. The molecule has 0 unspecified atom stereocenters. The summed E-state index contributed by atoms with van der Waals surface area (Å²) in [6, 6.07) is 0. The van der Waals surface area contributed by atoms with Gasteiger partial charge in [-0.05, 0) is 57.8 Å². The fourth-order valence-electron chi connectivity index (χ4n) is 2.82. The molecule has 2 rings (SSSR count). The lowest BCUT2D eigenvalue weighted by Gasteiger charge is -2.44. The van der Waals surface area contributed by atoms with E-state index in [9.17, 15) is 0 Å². The van der Waals surface area contributed by atoms with Crippen LogP contribution in [0.5, 0.6) is 0 Å². The minimum absolute atomic E-state index is 0.693. The van der Waals surface area contributed by atoms with Crippen molar-refractivity contribution in [3.63, 3.8) is 0 Å². The smallest absolute Gasteiger partial charge is 0.00359 e. The molecule has 0 aliphatic carbocycles. The highest BCUT2D eigenvalue weighted by Gasteiger charge is 2.34. The van der Waals surface area contributed by atoms with E-state index in [4.69, 9.17) is 0 Å². The van der Waals surface area contributed by atoms with Crippen LogP contribution < -0.4 is 5.32 Å². The Morgan fingerprint density at radius 3 is 2.29 bits per heavy atom. The second-order valence-corrected chi connectivity index (χ2v) is 4.59. The van der Waals surface area contributed by atoms with E-state index in [-0.39, 0.29) is 0 Å². The van der Waals surface area contributed by atoms with E-state index in [1.54, 1.807) is 0 Å². The quantitative estimate of drug-likeness (QED) is 0.641. The molecule has 1 N–H and O–H groups in total. The number of hydrogen-bond acceptors (Lipinski definition) is 2. The van der Waals surface area contributed by atoms with E-state index in [2.05, 4.69) is 17.3 Å². The number of piperidine rings is 2. The van der Waals surface area contributed by atoms with Gasteiger partial charge in [-0.1, -0.05) is 13.8 Å². The maximum absolute atomic E-state index is 3.45. The molecule has 2 fully saturated rings. The summed E-state index contributed by atoms with van der Waals surface area (Å²) < 4.78 is 0. The molecular weight excluding hydrogens is 172 g/mol. The number of hydrogen-bond donors (Lipinski definition) is 1. The second-order valence-electron chi connectivity index (χ2n) is 4.59. The summed E-state index contributed by atoms with van der Waals surface area (Å²) in [5, 5.41) is 3.45. The van der Waals surface area contributed by atoms with Crippen LogP contribution in [0.25, 0.3) is 0 Å². The monoisotopic (exact) mass is 198 g/mol. The third-order valence-corrected chi connectivity index (χ3v) is 3.52. The lowest BCUT2D eigenvalue weighted by molar-refractivity contribution is 0.0757. The lowest BCUT2D eigenvalue weighted by Crippen LogP contribution is -2.47. The first kappa shape index (κ1) is 12.0. The minimum Gasteiger partial charge on any atom is -0.317 e. The largest absolute Gasteiger partial charge is 0.317 e. The van der Waals surface area contributed by atoms with E-state index in [1.807, 2.05) is 13.8 Å². The van der Waals surface area contributed by atoms with Crippen molar-refractivity contribution >= 4 is 0 Å². The van der Waals surface area contributed by atoms with Crippen LogP contribution in [0, 0.1) is 5.41 Å². The molecule has 0 aromatic rings. The molecule has 0 bridgehead atoms. The predicted octanol–water partition coefficient (Wildman–Crippen LogP) is 2.11. The van der Waals surface area contributed by atoms with E-state index in [1.165, 1.54) is 51.9 Å². The van der Waals surface area contributed by atoms with Crippen LogP contribution >= 0.6 is 0 Å². The highest BCUT2D eigenvalue weighted by Crippen LogP contribution is 2.37. The molecule has 1 spiro atoms. The van der Waals surface area contributed by atoms with E-state index in [0.717, 1.165) is 0 Å². The average Bonchev–Trinajstić information content (AvgIpc) is 2.21. The summed E-state index contributed by atoms with van der Waals surface area (Å²) in [5.41, 5.74) is 0.693. The Morgan fingerprint density at radius 2 is 1.71 bits per heavy atom. The average molecular weight is 198 g/mol. The van der Waals surface area contributed by atoms with Crippen LogP contribution in [0.3, 0.4) is 0 Å². The van der Waals surface area contributed by atoms with Crippen molar-refractivity contribution in [1.29, 1.82) is 0 Å². The normalized spacial score (nSPS) is 26.8. The number of nitrogens with one attached hydrogen (secondary N) is 1. The molecular formula is C12H26N2. The van der Waals surface area contributed by atoms with Gasteiger partial charge in [0.2, 0.25) is 0 Å². The molecule has 2 aliphatic rings. The number of likely N-dealkylation sites (tertiary alicyclic amines) is 1. The van der Waals surface area contributed by atoms with Gasteiger partial charge in [-0.2, -0.15) is 0 Å². The van der Waals surface area contributed by atoms with Gasteiger partial charge in [-0.25, -0.2) is 0 Å². The van der Waals surface area contributed by atoms with Gasteiger partial charge in [-0.15, -0.1) is 0 Å². The van der Waals surface area contributed by atoms with Gasteiger partial charge in [0.25, 0.3) is 0 Å². The zero-order valence-electron chi connectivity index (χ0n) is 10.1. The summed E-state index contributed by atoms with van der Waals surface area (Å²) in [4.78, 5) is 2.51. The van der Waals surface area contributed by atoms with Gasteiger partial charge in [0.15, 0.2) is 0 Å². The molecule has 0 radical (unpaired) electrons. The third-order valence-electron chi connectivity index (χ3n) is 3.52. The molecule has 2 heteroatoms. The molecule has 0 saturated carbocycles. The van der Waals surface area contributed by atoms with Crippen molar-refractivity contribution < 1.29 is 0 Å². The molecule has 0 amide bonds. The van der Waals surface area contributed by atoms with Gasteiger partial charge >= 0.3 is 0 Å². The van der Waals surface area contributed by atoms with Crippen LogP contribution in [0.4, 0.5) is 0 Å². The molecule has 0 aromatic heterocycles. The van der Waals surface area contributed by atoms with Crippen molar-refractivity contribution in [2.45, 2.75) is 39.5 Å². The van der Waals surface area contributed by atoms with Gasteiger partial charge in [0, 0.05) is 6.54 Å². The van der Waals surface area contributed by atoms with E-state index >= 15 is 0 Å². The predicted molar refractivity (Wildman–Crippen MR) is 62.6 cm³/mol. The highest BCUT2D eigenvalue weighted by molar-refractivity contribution is 4.89. The van der Waals surface area contributed by atoms with Crippen LogP contribution in [0.15, 0.2) is 0 Å². The van der Waals surface area contributed by atoms with Crippen molar-refractivity contribution in [1.82, 2.24) is 10.2 Å². The first-order chi connectivity index (χ1) is 6.81. The molecule has 0 aromatic carbocycles. The Kier molecular flexibility index (Phi) is 4.90. The fourth-order valence-corrected chi connectivity index (χ4v) is 2.82. The first-order valence-electron chi connectivity index (χ1n) is 6.20. The first-order valence-corrected chi connectivity index (χ1v) is 6.20. The Balaban J connectivity index is 0.000000461. The summed E-state index contributed by atoms with van der Waals surface area (Å²) >= 11 is 0. The summed E-state index contributed by atoms with van der Waals surface area (Å²) in [6.45, 7) is 9.14. The van der Waals surface area contributed by atoms with Gasteiger partial charge in [0.05, 0.1) is 0 Å². The fraction of sp³-hybridized carbons (Fsp3) is 1.00. The van der Waals surface area contributed by atoms with Crippen molar-refractivity contribution in [3.8, 4) is 0 Å². The van der Waals surface area contributed by atoms with E-state index in [0.29, 0.717) is 5.41 Å². The number of nitrogens with zero attached hydrogens (tertiary/aromatic N) is 1. The molecule has 2 heterocycles. The van der Waals surface area contributed by atoms with Crippen LogP contribution in [-0.2, 0) is 0 Å². The zero-order chi connectivity index (χ0) is 10.4. The number of rotatable bonds is 0. The van der Waals surface area contributed by atoms with Gasteiger partial charge in [-0.3, -0.25) is 0 Å².